The summed E-state index contributed by atoms with van der Waals surface area (Å²) in [5.41, 5.74) is 2.50. The molecule has 30 heavy (non-hydrogen) atoms. The molecule has 1 aliphatic rings. The average Bonchev–Trinajstić information content (AvgIpc) is 3.08. The Morgan fingerprint density at radius 3 is 2.93 bits per heavy atom. The molecule has 8 heteroatoms. The monoisotopic (exact) mass is 422 g/mol. The Balaban J connectivity index is 1.44. The van der Waals surface area contributed by atoms with Gasteiger partial charge in [0.1, 0.15) is 12.1 Å². The zero-order chi connectivity index (χ0) is 20.9. The van der Waals surface area contributed by atoms with Crippen LogP contribution in [-0.4, -0.2) is 34.2 Å². The topological polar surface area (TPSA) is 76.5 Å². The predicted molar refractivity (Wildman–Crippen MR) is 117 cm³/mol. The maximum absolute atomic E-state index is 13.3. The average molecular weight is 422 g/mol. The lowest BCUT2D eigenvalue weighted by atomic mass is 10.1. The summed E-state index contributed by atoms with van der Waals surface area (Å²) >= 11 is 1.29. The van der Waals surface area contributed by atoms with Crippen molar-refractivity contribution in [3.8, 4) is 5.88 Å². The molecule has 0 bridgehead atoms. The first-order valence-electron chi connectivity index (χ1n) is 9.51. The van der Waals surface area contributed by atoms with E-state index >= 15 is 0 Å². The van der Waals surface area contributed by atoms with Gasteiger partial charge in [0.25, 0.3) is 5.91 Å². The van der Waals surface area contributed by atoms with Gasteiger partial charge in [0.2, 0.25) is 5.88 Å². The molecule has 0 saturated carbocycles. The highest BCUT2D eigenvalue weighted by Crippen LogP contribution is 2.29. The quantitative estimate of drug-likeness (QED) is 0.606. The van der Waals surface area contributed by atoms with Gasteiger partial charge in [0, 0.05) is 6.54 Å². The molecular weight excluding hydrogens is 403 g/mol. The molecule has 0 aliphatic carbocycles. The molecule has 0 radical (unpaired) electrons. The number of nitrogens with zero attached hydrogens (tertiary/aromatic N) is 3. The van der Waals surface area contributed by atoms with E-state index in [2.05, 4.69) is 20.3 Å². The highest BCUT2D eigenvalue weighted by Gasteiger charge is 2.21. The number of thioether (sulfide) groups is 1. The smallest absolute Gasteiger partial charge is 0.286 e. The summed E-state index contributed by atoms with van der Waals surface area (Å²) < 4.78 is 18.8. The number of amidine groups is 1. The molecule has 0 fully saturated rings. The lowest BCUT2D eigenvalue weighted by Gasteiger charge is -2.06. The lowest BCUT2D eigenvalue weighted by Crippen LogP contribution is -2.21. The third kappa shape index (κ3) is 4.65. The molecule has 1 N–H and O–H groups in total. The fraction of sp³-hybridized carbons (Fsp3) is 0.182. The molecule has 1 aliphatic heterocycles. The number of nitrogens with one attached hydrogen (secondary N) is 1. The molecule has 0 atom stereocenters. The highest BCUT2D eigenvalue weighted by molar-refractivity contribution is 8.18. The number of aliphatic imine (C=N–C) groups is 1. The van der Waals surface area contributed by atoms with Crippen LogP contribution in [-0.2, 0) is 11.2 Å². The van der Waals surface area contributed by atoms with Crippen LogP contribution >= 0.6 is 11.8 Å². The summed E-state index contributed by atoms with van der Waals surface area (Å²) in [5, 5.41) is 4.47. The Bertz CT molecular complexity index is 1160. The van der Waals surface area contributed by atoms with Crippen molar-refractivity contribution in [1.29, 1.82) is 0 Å². The summed E-state index contributed by atoms with van der Waals surface area (Å²) in [6.07, 6.45) is 3.90. The minimum absolute atomic E-state index is 0.256. The zero-order valence-corrected chi connectivity index (χ0v) is 17.1. The number of rotatable bonds is 6. The molecule has 2 heterocycles. The van der Waals surface area contributed by atoms with Crippen LogP contribution in [0.3, 0.4) is 0 Å². The van der Waals surface area contributed by atoms with E-state index in [0.29, 0.717) is 35.5 Å². The molecule has 0 saturated heterocycles. The maximum Gasteiger partial charge on any atom is 0.286 e. The number of halogens is 1. The Hall–Kier alpha value is -3.26. The first-order valence-corrected chi connectivity index (χ1v) is 10.3. The third-order valence-electron chi connectivity index (χ3n) is 4.40. The van der Waals surface area contributed by atoms with E-state index in [0.717, 1.165) is 22.0 Å². The van der Waals surface area contributed by atoms with E-state index < -0.39 is 0 Å². The van der Waals surface area contributed by atoms with Crippen LogP contribution in [0.25, 0.3) is 17.0 Å². The SMILES string of the molecule is CCOc1ncnc2ccc(C=C3SC(NCCc4cccc(F)c4)=NC3=O)cc12. The predicted octanol–water partition coefficient (Wildman–Crippen LogP) is 3.97. The van der Waals surface area contributed by atoms with Crippen molar-refractivity contribution in [3.05, 3.63) is 70.6 Å². The van der Waals surface area contributed by atoms with E-state index in [1.54, 1.807) is 12.1 Å². The van der Waals surface area contributed by atoms with Crippen molar-refractivity contribution in [2.45, 2.75) is 13.3 Å². The molecular formula is C22H19FN4O2S. The van der Waals surface area contributed by atoms with Crippen molar-refractivity contribution in [3.63, 3.8) is 0 Å². The number of carbonyl (C=O) groups excluding carboxylic acids is 1. The maximum atomic E-state index is 13.3. The molecule has 152 valence electrons. The van der Waals surface area contributed by atoms with Crippen LogP contribution in [0.15, 0.2) is 58.7 Å². The van der Waals surface area contributed by atoms with E-state index in [9.17, 15) is 9.18 Å². The van der Waals surface area contributed by atoms with Gasteiger partial charge in [0.05, 0.1) is 22.4 Å². The lowest BCUT2D eigenvalue weighted by molar-refractivity contribution is -0.113. The second-order valence-electron chi connectivity index (χ2n) is 6.53. The largest absolute Gasteiger partial charge is 0.477 e. The van der Waals surface area contributed by atoms with Gasteiger partial charge in [-0.3, -0.25) is 4.79 Å². The van der Waals surface area contributed by atoms with Crippen molar-refractivity contribution in [2.24, 2.45) is 4.99 Å². The number of fused-ring (bicyclic) bond motifs is 1. The summed E-state index contributed by atoms with van der Waals surface area (Å²) in [6.45, 7) is 2.96. The van der Waals surface area contributed by atoms with Crippen LogP contribution in [0.5, 0.6) is 5.88 Å². The molecule has 1 amide bonds. The van der Waals surface area contributed by atoms with Gasteiger partial charge in [-0.1, -0.05) is 18.2 Å². The minimum atomic E-state index is -0.289. The van der Waals surface area contributed by atoms with E-state index in [4.69, 9.17) is 4.74 Å². The van der Waals surface area contributed by atoms with Crippen LogP contribution in [0.2, 0.25) is 0 Å². The molecule has 3 aromatic rings. The van der Waals surface area contributed by atoms with Gasteiger partial charge in [-0.15, -0.1) is 0 Å². The normalized spacial score (nSPS) is 14.9. The number of aromatic nitrogens is 2. The summed E-state index contributed by atoms with van der Waals surface area (Å²) in [4.78, 5) is 25.3. The molecule has 0 spiro atoms. The van der Waals surface area contributed by atoms with E-state index in [-0.39, 0.29) is 11.7 Å². The number of amides is 1. The Morgan fingerprint density at radius 1 is 1.20 bits per heavy atom. The molecule has 6 nitrogen and oxygen atoms in total. The number of hydrogen-bond donors (Lipinski definition) is 1. The van der Waals surface area contributed by atoms with Crippen molar-refractivity contribution >= 4 is 39.8 Å². The summed E-state index contributed by atoms with van der Waals surface area (Å²) in [5.74, 6) is -0.0273. The third-order valence-corrected chi connectivity index (χ3v) is 5.34. The fourth-order valence-corrected chi connectivity index (χ4v) is 3.87. The van der Waals surface area contributed by atoms with Gasteiger partial charge in [-0.05, 0) is 66.6 Å². The molecule has 2 aromatic carbocycles. The van der Waals surface area contributed by atoms with Crippen molar-refractivity contribution < 1.29 is 13.9 Å². The number of benzene rings is 2. The number of hydrogen-bond acceptors (Lipinski definition) is 6. The zero-order valence-electron chi connectivity index (χ0n) is 16.3. The fourth-order valence-electron chi connectivity index (χ4n) is 3.03. The minimum Gasteiger partial charge on any atom is -0.477 e. The number of ether oxygens (including phenoxy) is 1. The Kier molecular flexibility index (Phi) is 6.04. The van der Waals surface area contributed by atoms with Crippen molar-refractivity contribution in [2.75, 3.05) is 13.2 Å². The summed E-state index contributed by atoms with van der Waals surface area (Å²) in [7, 11) is 0. The van der Waals surface area contributed by atoms with Gasteiger partial charge in [-0.25, -0.2) is 14.4 Å². The van der Waals surface area contributed by atoms with E-state index in [1.807, 2.05) is 31.2 Å². The molecule has 1 aromatic heterocycles. The standard InChI is InChI=1S/C22H19FN4O2S/c1-2-29-21-17-11-15(6-7-18(17)25-13-26-21)12-19-20(28)27-22(30-19)24-9-8-14-4-3-5-16(23)10-14/h3-7,10-13H,2,8-9H2,1H3,(H,24,27,28). The number of carbonyl (C=O) groups is 1. The van der Waals surface area contributed by atoms with Gasteiger partial charge < -0.3 is 10.1 Å². The van der Waals surface area contributed by atoms with Crippen LogP contribution in [0.1, 0.15) is 18.1 Å². The van der Waals surface area contributed by atoms with Crippen molar-refractivity contribution in [1.82, 2.24) is 15.3 Å². The first kappa shape index (κ1) is 20.0. The Labute approximate surface area is 177 Å². The molecule has 0 unspecified atom stereocenters. The van der Waals surface area contributed by atoms with Crippen LogP contribution in [0, 0.1) is 5.82 Å². The highest BCUT2D eigenvalue weighted by atomic mass is 32.2. The molecule has 4 rings (SSSR count). The second kappa shape index (κ2) is 9.04. The van der Waals surface area contributed by atoms with Crippen LogP contribution in [0.4, 0.5) is 4.39 Å². The second-order valence-corrected chi connectivity index (χ2v) is 7.56. The van der Waals surface area contributed by atoms with Gasteiger partial charge >= 0.3 is 0 Å². The Morgan fingerprint density at radius 2 is 2.10 bits per heavy atom. The van der Waals surface area contributed by atoms with E-state index in [1.165, 1.54) is 30.2 Å². The van der Waals surface area contributed by atoms with Gasteiger partial charge in [0.15, 0.2) is 5.17 Å². The first-order chi connectivity index (χ1) is 14.6. The van der Waals surface area contributed by atoms with Gasteiger partial charge in [-0.2, -0.15) is 4.99 Å². The van der Waals surface area contributed by atoms with Crippen LogP contribution < -0.4 is 10.1 Å². The summed E-state index contributed by atoms with van der Waals surface area (Å²) in [6, 6.07) is 12.1.